The Morgan fingerprint density at radius 2 is 1.96 bits per heavy atom. The van der Waals surface area contributed by atoms with Crippen LogP contribution in [0.25, 0.3) is 0 Å². The zero-order chi connectivity index (χ0) is 16.5. The lowest BCUT2D eigenvalue weighted by Crippen LogP contribution is -2.27. The van der Waals surface area contributed by atoms with Gasteiger partial charge in [0.05, 0.1) is 7.11 Å². The summed E-state index contributed by atoms with van der Waals surface area (Å²) in [5.74, 6) is 0.475. The van der Waals surface area contributed by atoms with Crippen LogP contribution < -0.4 is 15.4 Å². The summed E-state index contributed by atoms with van der Waals surface area (Å²) in [6, 6.07) is 14.1. The van der Waals surface area contributed by atoms with Crippen LogP contribution >= 0.6 is 0 Å². The third-order valence-corrected chi connectivity index (χ3v) is 3.43. The number of methoxy groups -OCH3 is 1. The van der Waals surface area contributed by atoms with Gasteiger partial charge in [-0.2, -0.15) is 0 Å². The summed E-state index contributed by atoms with van der Waals surface area (Å²) in [4.78, 5) is 11.8. The lowest BCUT2D eigenvalue weighted by Gasteiger charge is -2.09. The molecule has 0 unspecified atom stereocenters. The molecular weight excluding hydrogens is 295 g/mol. The number of amides is 1. The van der Waals surface area contributed by atoms with Gasteiger partial charge in [0.25, 0.3) is 0 Å². The molecule has 0 spiro atoms. The van der Waals surface area contributed by atoms with E-state index < -0.39 is 0 Å². The Morgan fingerprint density at radius 1 is 1.13 bits per heavy atom. The summed E-state index contributed by atoms with van der Waals surface area (Å²) in [5.41, 5.74) is 1.52. The number of hydrogen-bond acceptors (Lipinski definition) is 3. The van der Waals surface area contributed by atoms with Crippen LogP contribution in [-0.2, 0) is 11.2 Å². The average molecular weight is 316 g/mol. The Bertz CT molecular complexity index is 646. The van der Waals surface area contributed by atoms with E-state index in [-0.39, 0.29) is 11.7 Å². The highest BCUT2D eigenvalue weighted by molar-refractivity contribution is 5.76. The second-order valence-corrected chi connectivity index (χ2v) is 5.10. The second kappa shape index (κ2) is 8.78. The first-order valence-corrected chi connectivity index (χ1v) is 7.57. The fourth-order valence-corrected chi connectivity index (χ4v) is 2.18. The first-order chi connectivity index (χ1) is 11.2. The van der Waals surface area contributed by atoms with E-state index in [0.717, 1.165) is 11.4 Å². The van der Waals surface area contributed by atoms with Crippen LogP contribution in [0.15, 0.2) is 48.5 Å². The molecule has 0 saturated carbocycles. The van der Waals surface area contributed by atoms with Gasteiger partial charge in [0.15, 0.2) is 0 Å². The molecule has 1 amide bonds. The van der Waals surface area contributed by atoms with E-state index in [1.807, 2.05) is 24.3 Å². The molecule has 2 aromatic carbocycles. The standard InChI is InChI=1S/C18H21FN2O2/c1-23-16-7-4-6-15(13-16)20-12-10-18(22)21-11-9-14-5-2-3-8-17(14)19/h2-8,13,20H,9-12H2,1H3,(H,21,22). The van der Waals surface area contributed by atoms with Gasteiger partial charge in [-0.15, -0.1) is 0 Å². The molecule has 2 rings (SSSR count). The van der Waals surface area contributed by atoms with Crippen LogP contribution in [0, 0.1) is 5.82 Å². The second-order valence-electron chi connectivity index (χ2n) is 5.10. The van der Waals surface area contributed by atoms with Gasteiger partial charge in [-0.1, -0.05) is 24.3 Å². The Morgan fingerprint density at radius 3 is 2.74 bits per heavy atom. The van der Waals surface area contributed by atoms with Crippen molar-refractivity contribution in [3.63, 3.8) is 0 Å². The first kappa shape index (κ1) is 16.8. The fourth-order valence-electron chi connectivity index (χ4n) is 2.18. The van der Waals surface area contributed by atoms with Crippen LogP contribution in [-0.4, -0.2) is 26.1 Å². The van der Waals surface area contributed by atoms with Crippen molar-refractivity contribution < 1.29 is 13.9 Å². The third-order valence-electron chi connectivity index (χ3n) is 3.43. The molecule has 2 aromatic rings. The highest BCUT2D eigenvalue weighted by Gasteiger charge is 2.03. The van der Waals surface area contributed by atoms with Crippen LogP contribution in [0.1, 0.15) is 12.0 Å². The number of carbonyl (C=O) groups excluding carboxylic acids is 1. The lowest BCUT2D eigenvalue weighted by molar-refractivity contribution is -0.120. The van der Waals surface area contributed by atoms with Crippen LogP contribution in [0.2, 0.25) is 0 Å². The molecule has 0 radical (unpaired) electrons. The molecule has 0 aliphatic heterocycles. The Balaban J connectivity index is 1.66. The van der Waals surface area contributed by atoms with E-state index in [0.29, 0.717) is 31.5 Å². The lowest BCUT2D eigenvalue weighted by atomic mass is 10.1. The van der Waals surface area contributed by atoms with Crippen molar-refractivity contribution in [3.05, 3.63) is 59.9 Å². The van der Waals surface area contributed by atoms with Gasteiger partial charge >= 0.3 is 0 Å². The zero-order valence-electron chi connectivity index (χ0n) is 13.1. The molecule has 0 aliphatic carbocycles. The van der Waals surface area contributed by atoms with Gasteiger partial charge in [0.2, 0.25) is 5.91 Å². The Labute approximate surface area is 135 Å². The highest BCUT2D eigenvalue weighted by Crippen LogP contribution is 2.16. The number of ether oxygens (including phenoxy) is 1. The fraction of sp³-hybridized carbons (Fsp3) is 0.278. The minimum absolute atomic E-state index is 0.0586. The maximum Gasteiger partial charge on any atom is 0.221 e. The summed E-state index contributed by atoms with van der Waals surface area (Å²) in [7, 11) is 1.61. The average Bonchev–Trinajstić information content (AvgIpc) is 2.57. The van der Waals surface area contributed by atoms with Gasteiger partial charge in [0.1, 0.15) is 11.6 Å². The number of benzene rings is 2. The van der Waals surface area contributed by atoms with Crippen molar-refractivity contribution in [1.29, 1.82) is 0 Å². The molecule has 4 nitrogen and oxygen atoms in total. The van der Waals surface area contributed by atoms with Crippen LogP contribution in [0.3, 0.4) is 0 Å². The summed E-state index contributed by atoms with van der Waals surface area (Å²) in [6.45, 7) is 0.956. The minimum Gasteiger partial charge on any atom is -0.497 e. The minimum atomic E-state index is -0.235. The summed E-state index contributed by atoms with van der Waals surface area (Å²) in [5, 5.41) is 5.96. The number of rotatable bonds is 8. The monoisotopic (exact) mass is 316 g/mol. The number of hydrogen-bond donors (Lipinski definition) is 2. The zero-order valence-corrected chi connectivity index (χ0v) is 13.1. The van der Waals surface area contributed by atoms with Gasteiger partial charge < -0.3 is 15.4 Å². The van der Waals surface area contributed by atoms with E-state index in [4.69, 9.17) is 4.74 Å². The molecule has 0 atom stereocenters. The van der Waals surface area contributed by atoms with E-state index in [1.54, 1.807) is 25.3 Å². The largest absolute Gasteiger partial charge is 0.497 e. The molecule has 2 N–H and O–H groups in total. The van der Waals surface area contributed by atoms with Crippen LogP contribution in [0.5, 0.6) is 5.75 Å². The van der Waals surface area contributed by atoms with Gasteiger partial charge in [-0.05, 0) is 30.2 Å². The number of halogens is 1. The molecule has 5 heteroatoms. The van der Waals surface area contributed by atoms with E-state index in [2.05, 4.69) is 10.6 Å². The summed E-state index contributed by atoms with van der Waals surface area (Å²) >= 11 is 0. The molecule has 122 valence electrons. The van der Waals surface area contributed by atoms with E-state index >= 15 is 0 Å². The quantitative estimate of drug-likeness (QED) is 0.787. The van der Waals surface area contributed by atoms with Gasteiger partial charge in [-0.25, -0.2) is 4.39 Å². The van der Waals surface area contributed by atoms with Crippen molar-refractivity contribution in [2.24, 2.45) is 0 Å². The van der Waals surface area contributed by atoms with Crippen LogP contribution in [0.4, 0.5) is 10.1 Å². The SMILES string of the molecule is COc1cccc(NCCC(=O)NCCc2ccccc2F)c1. The van der Waals surface area contributed by atoms with E-state index in [9.17, 15) is 9.18 Å². The molecule has 0 fully saturated rings. The number of carbonyl (C=O) groups is 1. The molecule has 0 aromatic heterocycles. The third kappa shape index (κ3) is 5.62. The number of nitrogens with one attached hydrogen (secondary N) is 2. The highest BCUT2D eigenvalue weighted by atomic mass is 19.1. The molecule has 0 heterocycles. The molecular formula is C18H21FN2O2. The summed E-state index contributed by atoms with van der Waals surface area (Å²) in [6.07, 6.45) is 0.843. The molecule has 0 saturated heterocycles. The maximum atomic E-state index is 13.4. The van der Waals surface area contributed by atoms with Gasteiger partial charge in [0, 0.05) is 31.3 Å². The van der Waals surface area contributed by atoms with Crippen molar-refractivity contribution >= 4 is 11.6 Å². The number of anilines is 1. The van der Waals surface area contributed by atoms with Gasteiger partial charge in [-0.3, -0.25) is 4.79 Å². The Hall–Kier alpha value is -2.56. The maximum absolute atomic E-state index is 13.4. The normalized spacial score (nSPS) is 10.2. The van der Waals surface area contributed by atoms with E-state index in [1.165, 1.54) is 6.07 Å². The smallest absolute Gasteiger partial charge is 0.221 e. The Kier molecular flexibility index (Phi) is 6.41. The predicted molar refractivity (Wildman–Crippen MR) is 89.2 cm³/mol. The van der Waals surface area contributed by atoms with Crippen molar-refractivity contribution in [3.8, 4) is 5.75 Å². The molecule has 0 bridgehead atoms. The predicted octanol–water partition coefficient (Wildman–Crippen LogP) is 3.00. The summed E-state index contributed by atoms with van der Waals surface area (Å²) < 4.78 is 18.6. The molecule has 23 heavy (non-hydrogen) atoms. The van der Waals surface area contributed by atoms with Crippen molar-refractivity contribution in [2.45, 2.75) is 12.8 Å². The van der Waals surface area contributed by atoms with Crippen molar-refractivity contribution in [1.82, 2.24) is 5.32 Å². The molecule has 0 aliphatic rings. The van der Waals surface area contributed by atoms with Crippen molar-refractivity contribution in [2.75, 3.05) is 25.5 Å². The topological polar surface area (TPSA) is 50.4 Å². The first-order valence-electron chi connectivity index (χ1n) is 7.57.